The zero-order chi connectivity index (χ0) is 14.3. The summed E-state index contributed by atoms with van der Waals surface area (Å²) in [7, 11) is 0. The van der Waals surface area contributed by atoms with Gasteiger partial charge in [-0.2, -0.15) is 0 Å². The molecule has 2 amide bonds. The number of aliphatic carboxylic acids is 1. The van der Waals surface area contributed by atoms with Crippen LogP contribution in [0, 0.1) is 0 Å². The highest BCUT2D eigenvalue weighted by atomic mass is 16.5. The van der Waals surface area contributed by atoms with Crippen LogP contribution >= 0.6 is 0 Å². The lowest BCUT2D eigenvalue weighted by atomic mass is 9.82. The molecule has 1 saturated carbocycles. The van der Waals surface area contributed by atoms with Gasteiger partial charge in [-0.25, -0.2) is 9.59 Å². The Labute approximate surface area is 111 Å². The summed E-state index contributed by atoms with van der Waals surface area (Å²) in [5.41, 5.74) is -1.21. The van der Waals surface area contributed by atoms with Crippen LogP contribution in [0.25, 0.3) is 0 Å². The van der Waals surface area contributed by atoms with E-state index in [0.717, 1.165) is 19.3 Å². The summed E-state index contributed by atoms with van der Waals surface area (Å²) in [5.74, 6) is -1.58. The summed E-state index contributed by atoms with van der Waals surface area (Å²) in [6, 6.07) is -0.655. The molecule has 0 aromatic carbocycles. The predicted molar refractivity (Wildman–Crippen MR) is 66.6 cm³/mol. The lowest BCUT2D eigenvalue weighted by molar-refractivity contribution is -0.145. The molecule has 0 unspecified atom stereocenters. The molecule has 0 saturated heterocycles. The molecule has 0 atom stereocenters. The van der Waals surface area contributed by atoms with Crippen LogP contribution in [0.1, 0.15) is 39.0 Å². The normalized spacial score (nSPS) is 17.3. The van der Waals surface area contributed by atoms with E-state index in [1.807, 2.05) is 0 Å². The molecule has 19 heavy (non-hydrogen) atoms. The molecule has 1 aliphatic carbocycles. The van der Waals surface area contributed by atoms with Gasteiger partial charge < -0.3 is 20.5 Å². The van der Waals surface area contributed by atoms with Gasteiger partial charge in [0, 0.05) is 0 Å². The van der Waals surface area contributed by atoms with E-state index in [4.69, 9.17) is 0 Å². The number of carbonyl (C=O) groups excluding carboxylic acids is 2. The van der Waals surface area contributed by atoms with Crippen molar-refractivity contribution in [3.8, 4) is 0 Å². The molecule has 0 radical (unpaired) electrons. The number of carbonyl (C=O) groups is 3. The molecule has 108 valence electrons. The van der Waals surface area contributed by atoms with Crippen LogP contribution in [0.4, 0.5) is 4.79 Å². The third-order valence-corrected chi connectivity index (χ3v) is 3.17. The molecular weight excluding hydrogens is 252 g/mol. The first-order valence-corrected chi connectivity index (χ1v) is 6.45. The summed E-state index contributed by atoms with van der Waals surface area (Å²) >= 11 is 0. The molecule has 0 aromatic heterocycles. The number of hydrogen-bond acceptors (Lipinski definition) is 4. The second kappa shape index (κ2) is 6.96. The number of carboxylic acids is 1. The van der Waals surface area contributed by atoms with E-state index >= 15 is 0 Å². The van der Waals surface area contributed by atoms with Crippen molar-refractivity contribution in [2.75, 3.05) is 13.2 Å². The first-order valence-electron chi connectivity index (χ1n) is 6.45. The minimum atomic E-state index is -1.21. The van der Waals surface area contributed by atoms with Gasteiger partial charge in [0.2, 0.25) is 0 Å². The van der Waals surface area contributed by atoms with Crippen LogP contribution in [0.3, 0.4) is 0 Å². The second-order valence-corrected chi connectivity index (χ2v) is 4.56. The van der Waals surface area contributed by atoms with E-state index in [2.05, 4.69) is 15.4 Å². The molecule has 0 spiro atoms. The minimum Gasteiger partial charge on any atom is -0.480 e. The lowest BCUT2D eigenvalue weighted by Gasteiger charge is -2.33. The van der Waals surface area contributed by atoms with Crippen LogP contribution in [-0.2, 0) is 14.3 Å². The molecule has 0 aromatic rings. The Morgan fingerprint density at radius 1 is 1.21 bits per heavy atom. The van der Waals surface area contributed by atoms with Crippen LogP contribution in [0.2, 0.25) is 0 Å². The van der Waals surface area contributed by atoms with Crippen molar-refractivity contribution in [2.45, 2.75) is 44.6 Å². The highest BCUT2D eigenvalue weighted by Gasteiger charge is 2.40. The molecule has 1 fully saturated rings. The first kappa shape index (κ1) is 15.3. The SMILES string of the molecule is CCOC(=O)CNC(=O)NC1(C(=O)O)CCCCC1. The molecule has 3 N–H and O–H groups in total. The number of rotatable bonds is 5. The molecular formula is C12H20N2O5. The topological polar surface area (TPSA) is 105 Å². The molecule has 0 bridgehead atoms. The predicted octanol–water partition coefficient (Wildman–Crippen LogP) is 0.636. The van der Waals surface area contributed by atoms with Crippen molar-refractivity contribution >= 4 is 18.0 Å². The van der Waals surface area contributed by atoms with Crippen LogP contribution < -0.4 is 10.6 Å². The summed E-state index contributed by atoms with van der Waals surface area (Å²) in [4.78, 5) is 34.0. The van der Waals surface area contributed by atoms with Gasteiger partial charge >= 0.3 is 18.0 Å². The Morgan fingerprint density at radius 2 is 1.84 bits per heavy atom. The minimum absolute atomic E-state index is 0.237. The number of ether oxygens (including phenoxy) is 1. The third-order valence-electron chi connectivity index (χ3n) is 3.17. The monoisotopic (exact) mass is 272 g/mol. The average Bonchev–Trinajstić information content (AvgIpc) is 2.38. The van der Waals surface area contributed by atoms with Gasteiger partial charge in [-0.1, -0.05) is 19.3 Å². The van der Waals surface area contributed by atoms with Gasteiger partial charge in [-0.05, 0) is 19.8 Å². The number of carboxylic acid groups (broad SMARTS) is 1. The number of urea groups is 1. The summed E-state index contributed by atoms with van der Waals surface area (Å²) in [5, 5.41) is 14.0. The second-order valence-electron chi connectivity index (χ2n) is 4.56. The Hall–Kier alpha value is -1.79. The number of hydrogen-bond donors (Lipinski definition) is 3. The summed E-state index contributed by atoms with van der Waals surface area (Å²) in [6.07, 6.45) is 3.33. The maximum Gasteiger partial charge on any atom is 0.329 e. The zero-order valence-electron chi connectivity index (χ0n) is 11.0. The van der Waals surface area contributed by atoms with Gasteiger partial charge in [-0.3, -0.25) is 4.79 Å². The van der Waals surface area contributed by atoms with Gasteiger partial charge in [0.05, 0.1) is 6.61 Å². The van der Waals surface area contributed by atoms with E-state index < -0.39 is 23.5 Å². The van der Waals surface area contributed by atoms with E-state index in [0.29, 0.717) is 12.8 Å². The number of amides is 2. The molecule has 7 nitrogen and oxygen atoms in total. The summed E-state index contributed by atoms with van der Waals surface area (Å²) in [6.45, 7) is 1.63. The fourth-order valence-electron chi connectivity index (χ4n) is 2.17. The van der Waals surface area contributed by atoms with Crippen molar-refractivity contribution < 1.29 is 24.2 Å². The standard InChI is InChI=1S/C12H20N2O5/c1-2-19-9(15)8-13-11(18)14-12(10(16)17)6-4-3-5-7-12/h2-8H2,1H3,(H,16,17)(H2,13,14,18). The Morgan fingerprint density at radius 3 is 2.37 bits per heavy atom. The average molecular weight is 272 g/mol. The highest BCUT2D eigenvalue weighted by molar-refractivity contribution is 5.87. The van der Waals surface area contributed by atoms with Crippen molar-refractivity contribution in [3.63, 3.8) is 0 Å². The van der Waals surface area contributed by atoms with E-state index in [1.54, 1.807) is 6.92 Å². The highest BCUT2D eigenvalue weighted by Crippen LogP contribution is 2.28. The lowest BCUT2D eigenvalue weighted by Crippen LogP contribution is -2.58. The summed E-state index contributed by atoms with van der Waals surface area (Å²) < 4.78 is 4.66. The number of nitrogens with one attached hydrogen (secondary N) is 2. The molecule has 1 aliphatic rings. The Bertz CT molecular complexity index is 350. The van der Waals surface area contributed by atoms with Crippen molar-refractivity contribution in [1.82, 2.24) is 10.6 Å². The largest absolute Gasteiger partial charge is 0.480 e. The van der Waals surface area contributed by atoms with Crippen molar-refractivity contribution in [3.05, 3.63) is 0 Å². The fourth-order valence-corrected chi connectivity index (χ4v) is 2.17. The Balaban J connectivity index is 2.48. The first-order chi connectivity index (χ1) is 9.00. The molecule has 1 rings (SSSR count). The maximum absolute atomic E-state index is 11.6. The molecule has 0 aliphatic heterocycles. The smallest absolute Gasteiger partial charge is 0.329 e. The van der Waals surface area contributed by atoms with E-state index in [-0.39, 0.29) is 13.2 Å². The fraction of sp³-hybridized carbons (Fsp3) is 0.750. The van der Waals surface area contributed by atoms with Gasteiger partial charge in [-0.15, -0.1) is 0 Å². The van der Waals surface area contributed by atoms with Crippen LogP contribution in [0.5, 0.6) is 0 Å². The van der Waals surface area contributed by atoms with Gasteiger partial charge in [0.15, 0.2) is 0 Å². The Kier molecular flexibility index (Phi) is 5.59. The zero-order valence-corrected chi connectivity index (χ0v) is 11.0. The van der Waals surface area contributed by atoms with E-state index in [9.17, 15) is 19.5 Å². The van der Waals surface area contributed by atoms with E-state index in [1.165, 1.54) is 0 Å². The number of esters is 1. The third kappa shape index (κ3) is 4.42. The quantitative estimate of drug-likeness (QED) is 0.637. The molecule has 7 heteroatoms. The van der Waals surface area contributed by atoms with Crippen LogP contribution in [0.15, 0.2) is 0 Å². The maximum atomic E-state index is 11.6. The van der Waals surface area contributed by atoms with Crippen LogP contribution in [-0.4, -0.2) is 41.8 Å². The van der Waals surface area contributed by atoms with Crippen molar-refractivity contribution in [2.24, 2.45) is 0 Å². The molecule has 0 heterocycles. The van der Waals surface area contributed by atoms with Crippen molar-refractivity contribution in [1.29, 1.82) is 0 Å². The van der Waals surface area contributed by atoms with Gasteiger partial charge in [0.1, 0.15) is 12.1 Å². The van der Waals surface area contributed by atoms with Gasteiger partial charge in [0.25, 0.3) is 0 Å².